The lowest BCUT2D eigenvalue weighted by atomic mass is 9.77. The normalized spacial score (nSPS) is 18.5. The van der Waals surface area contributed by atoms with Gasteiger partial charge in [0.15, 0.2) is 0 Å². The molecular formula is C14H19NO2. The first-order chi connectivity index (χ1) is 8.23. The van der Waals surface area contributed by atoms with Gasteiger partial charge in [0.25, 0.3) is 0 Å². The van der Waals surface area contributed by atoms with Gasteiger partial charge in [0.05, 0.1) is 12.5 Å². The van der Waals surface area contributed by atoms with Crippen LogP contribution in [0.5, 0.6) is 0 Å². The Bertz CT molecular complexity index is 386. The second kappa shape index (κ2) is 4.88. The summed E-state index contributed by atoms with van der Waals surface area (Å²) in [7, 11) is 1.44. The van der Waals surface area contributed by atoms with Crippen LogP contribution >= 0.6 is 0 Å². The van der Waals surface area contributed by atoms with E-state index < -0.39 is 5.41 Å². The molecule has 1 aromatic rings. The number of methoxy groups -OCH3 is 1. The number of benzene rings is 1. The monoisotopic (exact) mass is 233 g/mol. The Kier molecular flexibility index (Phi) is 3.48. The van der Waals surface area contributed by atoms with Crippen molar-refractivity contribution in [1.29, 1.82) is 0 Å². The molecule has 0 spiro atoms. The average molecular weight is 233 g/mol. The maximum Gasteiger partial charge on any atom is 0.313 e. The van der Waals surface area contributed by atoms with Crippen molar-refractivity contribution in [1.82, 2.24) is 0 Å². The number of hydrogen-bond donors (Lipinski definition) is 1. The van der Waals surface area contributed by atoms with Crippen molar-refractivity contribution in [2.75, 3.05) is 13.7 Å². The maximum absolute atomic E-state index is 12.0. The van der Waals surface area contributed by atoms with E-state index in [1.54, 1.807) is 0 Å². The molecule has 0 radical (unpaired) electrons. The van der Waals surface area contributed by atoms with Crippen LogP contribution in [0.15, 0.2) is 30.3 Å². The SMILES string of the molecule is COC(=O)C(CN)(Cc1ccccc1)C1CC1. The standard InChI is InChI=1S/C14H19NO2/c1-17-13(16)14(10-15,12-7-8-12)9-11-5-3-2-4-6-11/h2-6,12H,7-10,15H2,1H3. The molecule has 1 aliphatic rings. The summed E-state index contributed by atoms with van der Waals surface area (Å²) in [4.78, 5) is 12.0. The molecular weight excluding hydrogens is 214 g/mol. The van der Waals surface area contributed by atoms with Crippen molar-refractivity contribution >= 4 is 5.97 Å². The minimum Gasteiger partial charge on any atom is -0.469 e. The highest BCUT2D eigenvalue weighted by Gasteiger charge is 2.50. The van der Waals surface area contributed by atoms with Gasteiger partial charge in [-0.3, -0.25) is 4.79 Å². The fourth-order valence-electron chi connectivity index (χ4n) is 2.50. The highest BCUT2D eigenvalue weighted by Crippen LogP contribution is 2.47. The van der Waals surface area contributed by atoms with Gasteiger partial charge in [-0.05, 0) is 30.7 Å². The second-order valence-electron chi connectivity index (χ2n) is 4.79. The molecule has 1 saturated carbocycles. The molecule has 0 aromatic heterocycles. The zero-order chi connectivity index (χ0) is 12.3. The van der Waals surface area contributed by atoms with E-state index in [0.717, 1.165) is 18.4 Å². The molecule has 17 heavy (non-hydrogen) atoms. The molecule has 2 rings (SSSR count). The molecule has 2 N–H and O–H groups in total. The van der Waals surface area contributed by atoms with Crippen LogP contribution < -0.4 is 5.73 Å². The highest BCUT2D eigenvalue weighted by atomic mass is 16.5. The maximum atomic E-state index is 12.0. The van der Waals surface area contributed by atoms with Crippen LogP contribution in [0.3, 0.4) is 0 Å². The van der Waals surface area contributed by atoms with Gasteiger partial charge in [-0.25, -0.2) is 0 Å². The van der Waals surface area contributed by atoms with Gasteiger partial charge in [0, 0.05) is 6.54 Å². The van der Waals surface area contributed by atoms with Crippen LogP contribution in [0.25, 0.3) is 0 Å². The Morgan fingerprint density at radius 2 is 2.06 bits per heavy atom. The lowest BCUT2D eigenvalue weighted by Gasteiger charge is -2.29. The van der Waals surface area contributed by atoms with Gasteiger partial charge in [0.2, 0.25) is 0 Å². The minimum atomic E-state index is -0.518. The van der Waals surface area contributed by atoms with E-state index in [1.807, 2.05) is 30.3 Å². The van der Waals surface area contributed by atoms with Crippen molar-refractivity contribution < 1.29 is 9.53 Å². The topological polar surface area (TPSA) is 52.3 Å². The molecule has 1 atom stereocenters. The van der Waals surface area contributed by atoms with Crippen LogP contribution in [0, 0.1) is 11.3 Å². The van der Waals surface area contributed by atoms with Crippen molar-refractivity contribution in [2.24, 2.45) is 17.1 Å². The number of ether oxygens (including phenoxy) is 1. The van der Waals surface area contributed by atoms with Gasteiger partial charge in [0.1, 0.15) is 0 Å². The quantitative estimate of drug-likeness (QED) is 0.788. The van der Waals surface area contributed by atoms with Gasteiger partial charge >= 0.3 is 5.97 Å². The number of carbonyl (C=O) groups excluding carboxylic acids is 1. The van der Waals surface area contributed by atoms with Crippen molar-refractivity contribution in [3.63, 3.8) is 0 Å². The molecule has 1 fully saturated rings. The molecule has 0 aliphatic heterocycles. The first-order valence-corrected chi connectivity index (χ1v) is 6.05. The summed E-state index contributed by atoms with van der Waals surface area (Å²) in [5.74, 6) is 0.228. The van der Waals surface area contributed by atoms with E-state index in [9.17, 15) is 4.79 Å². The van der Waals surface area contributed by atoms with Crippen LogP contribution in [-0.4, -0.2) is 19.6 Å². The van der Waals surface area contributed by atoms with E-state index in [1.165, 1.54) is 7.11 Å². The zero-order valence-corrected chi connectivity index (χ0v) is 10.2. The highest BCUT2D eigenvalue weighted by molar-refractivity contribution is 5.78. The van der Waals surface area contributed by atoms with E-state index in [0.29, 0.717) is 18.9 Å². The van der Waals surface area contributed by atoms with Crippen LogP contribution in [0.4, 0.5) is 0 Å². The van der Waals surface area contributed by atoms with E-state index in [-0.39, 0.29) is 5.97 Å². The van der Waals surface area contributed by atoms with E-state index >= 15 is 0 Å². The summed E-state index contributed by atoms with van der Waals surface area (Å²) < 4.78 is 4.96. The Labute approximate surface area is 102 Å². The van der Waals surface area contributed by atoms with E-state index in [2.05, 4.69) is 0 Å². The Balaban J connectivity index is 2.24. The summed E-state index contributed by atoms with van der Waals surface area (Å²) in [6.07, 6.45) is 2.85. The second-order valence-corrected chi connectivity index (χ2v) is 4.79. The number of rotatable bonds is 5. The molecule has 1 aliphatic carbocycles. The number of nitrogens with two attached hydrogens (primary N) is 1. The lowest BCUT2D eigenvalue weighted by Crippen LogP contribution is -2.43. The largest absolute Gasteiger partial charge is 0.469 e. The summed E-state index contributed by atoms with van der Waals surface area (Å²) in [6.45, 7) is 0.360. The number of hydrogen-bond acceptors (Lipinski definition) is 3. The predicted molar refractivity (Wildman–Crippen MR) is 66.4 cm³/mol. The summed E-state index contributed by atoms with van der Waals surface area (Å²) in [6, 6.07) is 10.0. The first-order valence-electron chi connectivity index (χ1n) is 6.05. The Morgan fingerprint density at radius 3 is 2.53 bits per heavy atom. The Morgan fingerprint density at radius 1 is 1.41 bits per heavy atom. The molecule has 1 unspecified atom stereocenters. The summed E-state index contributed by atoms with van der Waals surface area (Å²) in [5, 5.41) is 0. The summed E-state index contributed by atoms with van der Waals surface area (Å²) in [5.41, 5.74) is 6.50. The third-order valence-corrected chi connectivity index (χ3v) is 3.68. The third-order valence-electron chi connectivity index (χ3n) is 3.68. The molecule has 3 heteroatoms. The van der Waals surface area contributed by atoms with Gasteiger partial charge in [-0.2, -0.15) is 0 Å². The molecule has 0 amide bonds. The van der Waals surface area contributed by atoms with E-state index in [4.69, 9.17) is 10.5 Å². The molecule has 92 valence electrons. The van der Waals surface area contributed by atoms with Crippen molar-refractivity contribution in [3.8, 4) is 0 Å². The Hall–Kier alpha value is -1.35. The third kappa shape index (κ3) is 2.34. The van der Waals surface area contributed by atoms with Gasteiger partial charge in [-0.15, -0.1) is 0 Å². The van der Waals surface area contributed by atoms with Crippen LogP contribution in [-0.2, 0) is 16.0 Å². The molecule has 0 bridgehead atoms. The zero-order valence-electron chi connectivity index (χ0n) is 10.2. The predicted octanol–water partition coefficient (Wildman–Crippen LogP) is 1.76. The smallest absolute Gasteiger partial charge is 0.313 e. The molecule has 0 heterocycles. The van der Waals surface area contributed by atoms with Gasteiger partial charge in [-0.1, -0.05) is 30.3 Å². The van der Waals surface area contributed by atoms with Crippen molar-refractivity contribution in [3.05, 3.63) is 35.9 Å². The number of carbonyl (C=O) groups is 1. The minimum absolute atomic E-state index is 0.161. The molecule has 3 nitrogen and oxygen atoms in total. The summed E-state index contributed by atoms with van der Waals surface area (Å²) >= 11 is 0. The molecule has 1 aromatic carbocycles. The average Bonchev–Trinajstić information content (AvgIpc) is 3.21. The molecule has 0 saturated heterocycles. The lowest BCUT2D eigenvalue weighted by molar-refractivity contribution is -0.153. The van der Waals surface area contributed by atoms with Crippen molar-refractivity contribution in [2.45, 2.75) is 19.3 Å². The fourth-order valence-corrected chi connectivity index (χ4v) is 2.50. The fraction of sp³-hybridized carbons (Fsp3) is 0.500. The van der Waals surface area contributed by atoms with Crippen LogP contribution in [0.1, 0.15) is 18.4 Å². The van der Waals surface area contributed by atoms with Crippen LogP contribution in [0.2, 0.25) is 0 Å². The first kappa shape index (κ1) is 12.1. The van der Waals surface area contributed by atoms with Gasteiger partial charge < -0.3 is 10.5 Å². The number of esters is 1.